The highest BCUT2D eigenvalue weighted by Gasteiger charge is 2.23. The zero-order chi connectivity index (χ0) is 11.1. The molecule has 0 unspecified atom stereocenters. The van der Waals surface area contributed by atoms with Crippen molar-refractivity contribution in [2.24, 2.45) is 0 Å². The Morgan fingerprint density at radius 1 is 1.40 bits per heavy atom. The molecule has 0 amide bonds. The molecule has 0 radical (unpaired) electrons. The lowest BCUT2D eigenvalue weighted by atomic mass is 10.0. The van der Waals surface area contributed by atoms with Gasteiger partial charge in [-0.3, -0.25) is 0 Å². The van der Waals surface area contributed by atoms with Gasteiger partial charge in [0.2, 0.25) is 0 Å². The van der Waals surface area contributed by atoms with Crippen molar-refractivity contribution in [2.45, 2.75) is 57.7 Å². The van der Waals surface area contributed by atoms with E-state index >= 15 is 0 Å². The van der Waals surface area contributed by atoms with Crippen LogP contribution in [0.2, 0.25) is 0 Å². The number of hydrogen-bond acceptors (Lipinski definition) is 3. The fourth-order valence-electron chi connectivity index (χ4n) is 1.71. The summed E-state index contributed by atoms with van der Waals surface area (Å²) in [6.07, 6.45) is 8.65. The second-order valence-electron chi connectivity index (χ2n) is 4.03. The SMILES string of the molecule is CCCCCCC[C@H](O)[C@@H]1C=CC(=O)O1. The Morgan fingerprint density at radius 3 is 2.73 bits per heavy atom. The van der Waals surface area contributed by atoms with E-state index in [1.807, 2.05) is 0 Å². The zero-order valence-corrected chi connectivity index (χ0v) is 9.32. The number of cyclic esters (lactones) is 1. The van der Waals surface area contributed by atoms with Crippen LogP contribution in [0.4, 0.5) is 0 Å². The molecule has 0 fully saturated rings. The van der Waals surface area contributed by atoms with Crippen LogP contribution in [0, 0.1) is 0 Å². The van der Waals surface area contributed by atoms with Crippen molar-refractivity contribution < 1.29 is 14.6 Å². The smallest absolute Gasteiger partial charge is 0.331 e. The Balaban J connectivity index is 2.06. The Morgan fingerprint density at radius 2 is 2.13 bits per heavy atom. The molecule has 2 atom stereocenters. The third-order valence-electron chi connectivity index (χ3n) is 2.66. The number of aliphatic hydroxyl groups is 1. The van der Waals surface area contributed by atoms with Crippen molar-refractivity contribution in [3.63, 3.8) is 0 Å². The number of ether oxygens (including phenoxy) is 1. The van der Waals surface area contributed by atoms with E-state index in [0.717, 1.165) is 12.8 Å². The van der Waals surface area contributed by atoms with Gasteiger partial charge in [0.1, 0.15) is 6.10 Å². The van der Waals surface area contributed by atoms with Gasteiger partial charge in [-0.15, -0.1) is 0 Å². The summed E-state index contributed by atoms with van der Waals surface area (Å²) in [6.45, 7) is 2.18. The quantitative estimate of drug-likeness (QED) is 0.520. The van der Waals surface area contributed by atoms with Crippen molar-refractivity contribution in [1.29, 1.82) is 0 Å². The topological polar surface area (TPSA) is 46.5 Å². The number of aliphatic hydroxyl groups excluding tert-OH is 1. The molecule has 1 rings (SSSR count). The molecule has 0 aromatic heterocycles. The molecule has 1 aliphatic rings. The maximum absolute atomic E-state index is 10.8. The lowest BCUT2D eigenvalue weighted by Gasteiger charge is -2.15. The highest BCUT2D eigenvalue weighted by atomic mass is 16.6. The Hall–Kier alpha value is -0.830. The Labute approximate surface area is 91.1 Å². The van der Waals surface area contributed by atoms with Gasteiger partial charge in [0, 0.05) is 6.08 Å². The predicted molar refractivity (Wildman–Crippen MR) is 58.4 cm³/mol. The van der Waals surface area contributed by atoms with Gasteiger partial charge in [0.05, 0.1) is 6.10 Å². The molecule has 0 aromatic rings. The molecule has 1 aliphatic heterocycles. The van der Waals surface area contributed by atoms with Gasteiger partial charge in [-0.25, -0.2) is 4.79 Å². The third-order valence-corrected chi connectivity index (χ3v) is 2.66. The molecule has 0 bridgehead atoms. The van der Waals surface area contributed by atoms with Crippen LogP contribution in [0.1, 0.15) is 45.4 Å². The first-order valence-corrected chi connectivity index (χ1v) is 5.81. The maximum atomic E-state index is 10.8. The summed E-state index contributed by atoms with van der Waals surface area (Å²) >= 11 is 0. The van der Waals surface area contributed by atoms with Crippen LogP contribution in [0.15, 0.2) is 12.2 Å². The lowest BCUT2D eigenvalue weighted by molar-refractivity contribution is -0.142. The minimum absolute atomic E-state index is 0.343. The first kappa shape index (κ1) is 12.2. The molecule has 3 heteroatoms. The average Bonchev–Trinajstić information content (AvgIpc) is 2.64. The fraction of sp³-hybridized carbons (Fsp3) is 0.750. The van der Waals surface area contributed by atoms with Crippen LogP contribution in [0.25, 0.3) is 0 Å². The van der Waals surface area contributed by atoms with E-state index in [1.165, 1.54) is 25.3 Å². The van der Waals surface area contributed by atoms with E-state index in [0.29, 0.717) is 6.42 Å². The number of carbonyl (C=O) groups excluding carboxylic acids is 1. The van der Waals surface area contributed by atoms with Gasteiger partial charge in [0.25, 0.3) is 0 Å². The van der Waals surface area contributed by atoms with Gasteiger partial charge in [-0.2, -0.15) is 0 Å². The molecule has 1 heterocycles. The summed E-state index contributed by atoms with van der Waals surface area (Å²) in [7, 11) is 0. The fourth-order valence-corrected chi connectivity index (χ4v) is 1.71. The molecule has 3 nitrogen and oxygen atoms in total. The number of rotatable bonds is 7. The van der Waals surface area contributed by atoms with Crippen LogP contribution >= 0.6 is 0 Å². The molecule has 0 saturated carbocycles. The molecular formula is C12H20O3. The Kier molecular flexibility index (Phi) is 5.40. The molecular weight excluding hydrogens is 192 g/mol. The number of hydrogen-bond donors (Lipinski definition) is 1. The van der Waals surface area contributed by atoms with E-state index in [9.17, 15) is 9.90 Å². The molecule has 15 heavy (non-hydrogen) atoms. The summed E-state index contributed by atoms with van der Waals surface area (Å²) in [6, 6.07) is 0. The highest BCUT2D eigenvalue weighted by Crippen LogP contribution is 2.15. The zero-order valence-electron chi connectivity index (χ0n) is 9.32. The minimum Gasteiger partial charge on any atom is -0.452 e. The molecule has 0 aliphatic carbocycles. The standard InChI is InChI=1S/C12H20O3/c1-2-3-4-5-6-7-10(13)11-8-9-12(14)15-11/h8-11,13H,2-7H2,1H3/t10-,11-/m0/s1. The summed E-state index contributed by atoms with van der Waals surface area (Å²) in [5.74, 6) is -0.343. The minimum atomic E-state index is -0.533. The number of carbonyl (C=O) groups is 1. The second kappa shape index (κ2) is 6.62. The van der Waals surface area contributed by atoms with Crippen molar-refractivity contribution >= 4 is 5.97 Å². The van der Waals surface area contributed by atoms with Crippen molar-refractivity contribution in [2.75, 3.05) is 0 Å². The predicted octanol–water partition coefficient (Wildman–Crippen LogP) is 2.19. The van der Waals surface area contributed by atoms with E-state index in [-0.39, 0.29) is 5.97 Å². The first-order valence-electron chi connectivity index (χ1n) is 5.81. The number of esters is 1. The van der Waals surface area contributed by atoms with E-state index in [4.69, 9.17) is 4.74 Å². The number of unbranched alkanes of at least 4 members (excludes halogenated alkanes) is 4. The monoisotopic (exact) mass is 212 g/mol. The normalized spacial score (nSPS) is 21.7. The lowest BCUT2D eigenvalue weighted by Crippen LogP contribution is -2.25. The third kappa shape index (κ3) is 4.47. The highest BCUT2D eigenvalue weighted by molar-refractivity contribution is 5.84. The van der Waals surface area contributed by atoms with E-state index in [2.05, 4.69) is 6.92 Å². The molecule has 1 N–H and O–H groups in total. The van der Waals surface area contributed by atoms with Gasteiger partial charge in [-0.1, -0.05) is 39.0 Å². The van der Waals surface area contributed by atoms with Crippen LogP contribution < -0.4 is 0 Å². The second-order valence-corrected chi connectivity index (χ2v) is 4.03. The molecule has 0 saturated heterocycles. The first-order chi connectivity index (χ1) is 7.24. The van der Waals surface area contributed by atoms with E-state index < -0.39 is 12.2 Å². The van der Waals surface area contributed by atoms with Crippen molar-refractivity contribution in [3.05, 3.63) is 12.2 Å². The summed E-state index contributed by atoms with van der Waals surface area (Å²) in [5, 5.41) is 9.69. The van der Waals surface area contributed by atoms with Crippen molar-refractivity contribution in [1.82, 2.24) is 0 Å². The molecule has 0 spiro atoms. The molecule has 86 valence electrons. The summed E-state index contributed by atoms with van der Waals surface area (Å²) in [4.78, 5) is 10.8. The van der Waals surface area contributed by atoms with Crippen molar-refractivity contribution in [3.8, 4) is 0 Å². The summed E-state index contributed by atoms with van der Waals surface area (Å²) < 4.78 is 4.90. The van der Waals surface area contributed by atoms with Gasteiger partial charge in [-0.05, 0) is 12.5 Å². The van der Waals surface area contributed by atoms with Gasteiger partial charge >= 0.3 is 5.97 Å². The van der Waals surface area contributed by atoms with Gasteiger partial charge in [0.15, 0.2) is 0 Å². The van der Waals surface area contributed by atoms with Crippen LogP contribution in [0.5, 0.6) is 0 Å². The maximum Gasteiger partial charge on any atom is 0.331 e. The largest absolute Gasteiger partial charge is 0.452 e. The van der Waals surface area contributed by atoms with E-state index in [1.54, 1.807) is 6.08 Å². The Bertz CT molecular complexity index is 223. The van der Waals surface area contributed by atoms with Gasteiger partial charge < -0.3 is 9.84 Å². The van der Waals surface area contributed by atoms with Crippen LogP contribution in [-0.4, -0.2) is 23.3 Å². The van der Waals surface area contributed by atoms with Crippen LogP contribution in [0.3, 0.4) is 0 Å². The van der Waals surface area contributed by atoms with Crippen LogP contribution in [-0.2, 0) is 9.53 Å². The summed E-state index contributed by atoms with van der Waals surface area (Å²) in [5.41, 5.74) is 0. The molecule has 0 aromatic carbocycles. The average molecular weight is 212 g/mol.